The average Bonchev–Trinajstić information content (AvgIpc) is 2.44. The van der Waals surface area contributed by atoms with Crippen LogP contribution in [0.3, 0.4) is 0 Å². The molecule has 0 unspecified atom stereocenters. The fourth-order valence-electron chi connectivity index (χ4n) is 1.56. The summed E-state index contributed by atoms with van der Waals surface area (Å²) in [5.74, 6) is -0.947. The van der Waals surface area contributed by atoms with E-state index >= 15 is 0 Å². The van der Waals surface area contributed by atoms with Crippen LogP contribution in [-0.2, 0) is 0 Å². The molecule has 0 saturated carbocycles. The van der Waals surface area contributed by atoms with Crippen molar-refractivity contribution in [2.24, 2.45) is 0 Å². The molecule has 1 heterocycles. The van der Waals surface area contributed by atoms with Crippen LogP contribution in [0.4, 0.5) is 0 Å². The number of carbonyl (C=O) groups is 1. The van der Waals surface area contributed by atoms with Gasteiger partial charge in [0.05, 0.1) is 0 Å². The van der Waals surface area contributed by atoms with Crippen LogP contribution >= 0.6 is 0 Å². The van der Waals surface area contributed by atoms with E-state index in [2.05, 4.69) is 4.98 Å². The minimum absolute atomic E-state index is 0.227. The smallest absolute Gasteiger partial charge is 0.352 e. The van der Waals surface area contributed by atoms with Gasteiger partial charge in [-0.15, -0.1) is 0 Å². The number of aromatic amines is 1. The van der Waals surface area contributed by atoms with Crippen molar-refractivity contribution in [2.75, 3.05) is 0 Å². The summed E-state index contributed by atoms with van der Waals surface area (Å²) in [5.41, 5.74) is 2.39. The van der Waals surface area contributed by atoms with Crippen LogP contribution in [0.25, 0.3) is 10.9 Å². The zero-order valence-corrected chi connectivity index (χ0v) is 7.66. The molecular formula is C10H8BNO2. The van der Waals surface area contributed by atoms with Crippen molar-refractivity contribution in [3.63, 3.8) is 0 Å². The van der Waals surface area contributed by atoms with Crippen LogP contribution in [0.15, 0.2) is 18.2 Å². The molecule has 0 amide bonds. The van der Waals surface area contributed by atoms with Crippen molar-refractivity contribution in [3.05, 3.63) is 29.5 Å². The Hall–Kier alpha value is -1.71. The lowest BCUT2D eigenvalue weighted by molar-refractivity contribution is 0.0691. The number of carboxylic acid groups (broad SMARTS) is 1. The van der Waals surface area contributed by atoms with Crippen molar-refractivity contribution in [2.45, 2.75) is 6.92 Å². The second-order valence-corrected chi connectivity index (χ2v) is 3.24. The van der Waals surface area contributed by atoms with Gasteiger partial charge < -0.3 is 10.1 Å². The van der Waals surface area contributed by atoms with Gasteiger partial charge in [-0.05, 0) is 18.6 Å². The van der Waals surface area contributed by atoms with Gasteiger partial charge in [0.25, 0.3) is 0 Å². The lowest BCUT2D eigenvalue weighted by Crippen LogP contribution is -1.99. The summed E-state index contributed by atoms with van der Waals surface area (Å²) in [5, 5.41) is 9.74. The summed E-state index contributed by atoms with van der Waals surface area (Å²) in [6.45, 7) is 1.77. The van der Waals surface area contributed by atoms with Gasteiger partial charge in [-0.25, -0.2) is 4.79 Å². The van der Waals surface area contributed by atoms with E-state index in [1.165, 1.54) is 0 Å². The van der Waals surface area contributed by atoms with E-state index in [-0.39, 0.29) is 5.69 Å². The minimum Gasteiger partial charge on any atom is -0.477 e. The molecule has 68 valence electrons. The molecule has 14 heavy (non-hydrogen) atoms. The summed E-state index contributed by atoms with van der Waals surface area (Å²) in [6.07, 6.45) is 0. The Bertz CT molecular complexity index is 516. The Morgan fingerprint density at radius 2 is 2.21 bits per heavy atom. The zero-order chi connectivity index (χ0) is 10.3. The number of benzene rings is 1. The van der Waals surface area contributed by atoms with Crippen LogP contribution < -0.4 is 5.46 Å². The number of nitrogens with one attached hydrogen (secondary N) is 1. The summed E-state index contributed by atoms with van der Waals surface area (Å²) in [4.78, 5) is 13.6. The molecular weight excluding hydrogens is 177 g/mol. The Morgan fingerprint density at radius 1 is 1.50 bits per heavy atom. The van der Waals surface area contributed by atoms with E-state index in [1.807, 2.05) is 0 Å². The maximum absolute atomic E-state index is 10.8. The second-order valence-electron chi connectivity index (χ2n) is 3.24. The largest absolute Gasteiger partial charge is 0.477 e. The van der Waals surface area contributed by atoms with Crippen molar-refractivity contribution in [3.8, 4) is 0 Å². The fraction of sp³-hybridized carbons (Fsp3) is 0.100. The molecule has 2 rings (SSSR count). The predicted octanol–water partition coefficient (Wildman–Crippen LogP) is 0.968. The first-order chi connectivity index (χ1) is 6.59. The van der Waals surface area contributed by atoms with E-state index in [1.54, 1.807) is 25.1 Å². The van der Waals surface area contributed by atoms with Crippen molar-refractivity contribution < 1.29 is 9.90 Å². The molecule has 0 bridgehead atoms. The molecule has 2 N–H and O–H groups in total. The number of rotatable bonds is 1. The van der Waals surface area contributed by atoms with Crippen molar-refractivity contribution in [1.29, 1.82) is 0 Å². The Balaban J connectivity index is 2.80. The summed E-state index contributed by atoms with van der Waals surface area (Å²) in [6, 6.07) is 5.29. The Morgan fingerprint density at radius 3 is 2.86 bits per heavy atom. The topological polar surface area (TPSA) is 53.1 Å². The van der Waals surface area contributed by atoms with Gasteiger partial charge in [-0.3, -0.25) is 0 Å². The summed E-state index contributed by atoms with van der Waals surface area (Å²) >= 11 is 0. The Labute approximate surface area is 82.2 Å². The third-order valence-corrected chi connectivity index (χ3v) is 2.30. The highest BCUT2D eigenvalue weighted by Gasteiger charge is 2.12. The van der Waals surface area contributed by atoms with Gasteiger partial charge in [0.2, 0.25) is 0 Å². The highest BCUT2D eigenvalue weighted by Crippen LogP contribution is 2.20. The second kappa shape index (κ2) is 2.91. The van der Waals surface area contributed by atoms with Crippen LogP contribution in [0.1, 0.15) is 16.1 Å². The first-order valence-corrected chi connectivity index (χ1v) is 4.20. The Kier molecular flexibility index (Phi) is 1.84. The number of hydrogen-bond donors (Lipinski definition) is 2. The molecule has 0 spiro atoms. The van der Waals surface area contributed by atoms with E-state index in [9.17, 15) is 4.79 Å². The maximum Gasteiger partial charge on any atom is 0.352 e. The highest BCUT2D eigenvalue weighted by atomic mass is 16.4. The molecule has 0 aliphatic carbocycles. The fourth-order valence-corrected chi connectivity index (χ4v) is 1.56. The first kappa shape index (κ1) is 8.87. The molecule has 0 saturated heterocycles. The molecule has 0 fully saturated rings. The standard InChI is InChI=1S/C10H8BNO2/c1-5-7-4-6(11)2-3-8(7)12-9(5)10(13)14/h2-4,12H,1H3,(H,13,14). The van der Waals surface area contributed by atoms with Crippen molar-refractivity contribution >= 4 is 30.2 Å². The molecule has 3 nitrogen and oxygen atoms in total. The molecule has 2 radical (unpaired) electrons. The van der Waals surface area contributed by atoms with Crippen molar-refractivity contribution in [1.82, 2.24) is 4.98 Å². The highest BCUT2D eigenvalue weighted by molar-refractivity contribution is 6.33. The lowest BCUT2D eigenvalue weighted by Gasteiger charge is -1.93. The van der Waals surface area contributed by atoms with E-state index < -0.39 is 5.97 Å². The number of aromatic nitrogens is 1. The normalized spacial score (nSPS) is 10.6. The van der Waals surface area contributed by atoms with Gasteiger partial charge in [0.1, 0.15) is 13.5 Å². The van der Waals surface area contributed by atoms with Gasteiger partial charge in [-0.2, -0.15) is 0 Å². The van der Waals surface area contributed by atoms with Crippen LogP contribution in [0, 0.1) is 6.92 Å². The minimum atomic E-state index is -0.947. The third-order valence-electron chi connectivity index (χ3n) is 2.30. The van der Waals surface area contributed by atoms with E-state index in [0.29, 0.717) is 5.46 Å². The molecule has 0 aliphatic rings. The summed E-state index contributed by atoms with van der Waals surface area (Å²) < 4.78 is 0. The zero-order valence-electron chi connectivity index (χ0n) is 7.66. The molecule has 0 aliphatic heterocycles. The number of H-pyrrole nitrogens is 1. The molecule has 1 aromatic heterocycles. The summed E-state index contributed by atoms with van der Waals surface area (Å²) in [7, 11) is 5.62. The molecule has 0 atom stereocenters. The van der Waals surface area contributed by atoms with Crippen LogP contribution in [0.5, 0.6) is 0 Å². The van der Waals surface area contributed by atoms with E-state index in [0.717, 1.165) is 16.5 Å². The number of aromatic carboxylic acids is 1. The first-order valence-electron chi connectivity index (χ1n) is 4.20. The lowest BCUT2D eigenvalue weighted by atomic mass is 9.94. The SMILES string of the molecule is [B]c1ccc2[nH]c(C(=O)O)c(C)c2c1. The molecule has 1 aromatic carbocycles. The maximum atomic E-state index is 10.8. The van der Waals surface area contributed by atoms with Gasteiger partial charge in [0.15, 0.2) is 0 Å². The van der Waals surface area contributed by atoms with Gasteiger partial charge in [0, 0.05) is 10.9 Å². The van der Waals surface area contributed by atoms with Gasteiger partial charge >= 0.3 is 5.97 Å². The number of fused-ring (bicyclic) bond motifs is 1. The van der Waals surface area contributed by atoms with Crippen LogP contribution in [-0.4, -0.2) is 23.9 Å². The number of aryl methyl sites for hydroxylation is 1. The molecule has 4 heteroatoms. The van der Waals surface area contributed by atoms with E-state index in [4.69, 9.17) is 13.0 Å². The molecule has 2 aromatic rings. The monoisotopic (exact) mass is 185 g/mol. The predicted molar refractivity (Wildman–Crippen MR) is 55.4 cm³/mol. The van der Waals surface area contributed by atoms with Gasteiger partial charge in [-0.1, -0.05) is 17.6 Å². The third kappa shape index (κ3) is 1.19. The number of hydrogen-bond acceptors (Lipinski definition) is 1. The average molecular weight is 185 g/mol. The quantitative estimate of drug-likeness (QED) is 0.650. The number of carboxylic acids is 1. The van der Waals surface area contributed by atoms with Crippen LogP contribution in [0.2, 0.25) is 0 Å².